The smallest absolute Gasteiger partial charge is 0.243 e. The molecule has 2 unspecified atom stereocenters. The first-order valence-electron chi connectivity index (χ1n) is 6.26. The number of anilines is 1. The molecule has 2 aromatic rings. The van der Waals surface area contributed by atoms with Crippen molar-refractivity contribution in [3.8, 4) is 0 Å². The molecule has 0 spiro atoms. The van der Waals surface area contributed by atoms with Gasteiger partial charge in [0, 0.05) is 12.1 Å². The Morgan fingerprint density at radius 3 is 3.00 bits per heavy atom. The summed E-state index contributed by atoms with van der Waals surface area (Å²) in [5.41, 5.74) is 6.69. The molecule has 2 heterocycles. The highest BCUT2D eigenvalue weighted by atomic mass is 19.1. The van der Waals surface area contributed by atoms with Crippen LogP contribution in [0.5, 0.6) is 0 Å². The second kappa shape index (κ2) is 4.53. The van der Waals surface area contributed by atoms with Gasteiger partial charge in [0.2, 0.25) is 5.95 Å². The Morgan fingerprint density at radius 2 is 2.17 bits per heavy atom. The van der Waals surface area contributed by atoms with Crippen molar-refractivity contribution in [2.45, 2.75) is 37.8 Å². The molecule has 2 atom stereocenters. The molecule has 1 fully saturated rings. The van der Waals surface area contributed by atoms with Gasteiger partial charge in [-0.2, -0.15) is 4.98 Å². The van der Waals surface area contributed by atoms with Crippen molar-refractivity contribution in [3.05, 3.63) is 24.1 Å². The average molecular weight is 249 g/mol. The normalized spacial score (nSPS) is 24.3. The number of nitrogens with one attached hydrogen (secondary N) is 1. The van der Waals surface area contributed by atoms with Crippen LogP contribution in [0.2, 0.25) is 0 Å². The molecule has 0 amide bonds. The quantitative estimate of drug-likeness (QED) is 0.847. The summed E-state index contributed by atoms with van der Waals surface area (Å²) in [6, 6.07) is 3.33. The van der Waals surface area contributed by atoms with E-state index in [2.05, 4.69) is 15.4 Å². The first-order chi connectivity index (χ1) is 8.72. The van der Waals surface area contributed by atoms with Crippen LogP contribution >= 0.6 is 0 Å². The van der Waals surface area contributed by atoms with Crippen LogP contribution in [0.3, 0.4) is 0 Å². The Bertz CT molecular complexity index is 552. The van der Waals surface area contributed by atoms with E-state index in [1.807, 2.05) is 0 Å². The fraction of sp³-hybridized carbons (Fsp3) is 0.500. The molecule has 1 aliphatic rings. The minimum Gasteiger partial charge on any atom is -0.349 e. The minimum atomic E-state index is -0.326. The third-order valence-corrected chi connectivity index (χ3v) is 3.43. The van der Waals surface area contributed by atoms with Gasteiger partial charge in [-0.05, 0) is 25.0 Å². The van der Waals surface area contributed by atoms with Gasteiger partial charge >= 0.3 is 0 Å². The highest BCUT2D eigenvalue weighted by Gasteiger charge is 2.22. The fourth-order valence-corrected chi connectivity index (χ4v) is 2.42. The summed E-state index contributed by atoms with van der Waals surface area (Å²) in [6.45, 7) is 0. The lowest BCUT2D eigenvalue weighted by Crippen LogP contribution is -2.42. The topological polar surface area (TPSA) is 68.2 Å². The highest BCUT2D eigenvalue weighted by molar-refractivity contribution is 5.43. The number of nitrogens with zero attached hydrogens (tertiary/aromatic N) is 3. The maximum Gasteiger partial charge on any atom is 0.243 e. The summed E-state index contributed by atoms with van der Waals surface area (Å²) in [4.78, 5) is 4.30. The molecule has 0 bridgehead atoms. The Balaban J connectivity index is 1.81. The first-order valence-corrected chi connectivity index (χ1v) is 6.26. The predicted molar refractivity (Wildman–Crippen MR) is 66.8 cm³/mol. The third-order valence-electron chi connectivity index (χ3n) is 3.43. The third kappa shape index (κ3) is 2.15. The van der Waals surface area contributed by atoms with E-state index in [-0.39, 0.29) is 17.9 Å². The van der Waals surface area contributed by atoms with Crippen LogP contribution in [0, 0.1) is 5.82 Å². The van der Waals surface area contributed by atoms with Crippen molar-refractivity contribution in [2.75, 3.05) is 5.32 Å². The van der Waals surface area contributed by atoms with Gasteiger partial charge in [0.25, 0.3) is 0 Å². The van der Waals surface area contributed by atoms with Gasteiger partial charge in [0.1, 0.15) is 5.82 Å². The zero-order valence-corrected chi connectivity index (χ0v) is 10.0. The Hall–Kier alpha value is -1.69. The van der Waals surface area contributed by atoms with Gasteiger partial charge in [-0.3, -0.25) is 0 Å². The van der Waals surface area contributed by atoms with Crippen LogP contribution in [0.1, 0.15) is 25.7 Å². The number of halogens is 1. The first kappa shape index (κ1) is 11.4. The zero-order valence-electron chi connectivity index (χ0n) is 10.0. The molecule has 3 N–H and O–H groups in total. The lowest BCUT2D eigenvalue weighted by Gasteiger charge is -2.28. The van der Waals surface area contributed by atoms with Crippen LogP contribution in [0.25, 0.3) is 5.65 Å². The molecular formula is C12H16FN5. The van der Waals surface area contributed by atoms with Gasteiger partial charge in [-0.15, -0.1) is 5.10 Å². The number of hydrogen-bond donors (Lipinski definition) is 2. The van der Waals surface area contributed by atoms with E-state index in [0.717, 1.165) is 12.8 Å². The summed E-state index contributed by atoms with van der Waals surface area (Å²) >= 11 is 0. The molecule has 1 aliphatic carbocycles. The van der Waals surface area contributed by atoms with Gasteiger partial charge in [0.05, 0.1) is 6.20 Å². The van der Waals surface area contributed by atoms with Gasteiger partial charge in [-0.25, -0.2) is 8.91 Å². The summed E-state index contributed by atoms with van der Waals surface area (Å²) in [5, 5.41) is 7.45. The number of pyridine rings is 1. The second-order valence-corrected chi connectivity index (χ2v) is 4.78. The van der Waals surface area contributed by atoms with Crippen LogP contribution in [0.4, 0.5) is 10.3 Å². The number of aromatic nitrogens is 3. The lowest BCUT2D eigenvalue weighted by molar-refractivity contribution is 0.402. The average Bonchev–Trinajstić information content (AvgIpc) is 2.73. The van der Waals surface area contributed by atoms with Crippen LogP contribution in [0.15, 0.2) is 18.3 Å². The summed E-state index contributed by atoms with van der Waals surface area (Å²) in [5.74, 6) is 0.191. The van der Waals surface area contributed by atoms with Crippen molar-refractivity contribution in [3.63, 3.8) is 0 Å². The molecule has 0 aliphatic heterocycles. The maximum atomic E-state index is 13.0. The number of hydrogen-bond acceptors (Lipinski definition) is 4. The molecule has 3 rings (SSSR count). The van der Waals surface area contributed by atoms with E-state index >= 15 is 0 Å². The summed E-state index contributed by atoms with van der Waals surface area (Å²) in [6.07, 6.45) is 5.73. The number of fused-ring (bicyclic) bond motifs is 1. The number of nitrogens with two attached hydrogens (primary N) is 1. The molecule has 2 aromatic heterocycles. The van der Waals surface area contributed by atoms with E-state index in [0.29, 0.717) is 11.6 Å². The lowest BCUT2D eigenvalue weighted by atomic mass is 9.91. The molecule has 1 saturated carbocycles. The van der Waals surface area contributed by atoms with Crippen LogP contribution in [-0.4, -0.2) is 26.7 Å². The van der Waals surface area contributed by atoms with Crippen molar-refractivity contribution >= 4 is 11.6 Å². The molecule has 0 radical (unpaired) electrons. The highest BCUT2D eigenvalue weighted by Crippen LogP contribution is 2.20. The van der Waals surface area contributed by atoms with Gasteiger partial charge < -0.3 is 11.1 Å². The summed E-state index contributed by atoms with van der Waals surface area (Å²) < 4.78 is 14.5. The molecule has 0 saturated heterocycles. The molecular weight excluding hydrogens is 233 g/mol. The van der Waals surface area contributed by atoms with Crippen LogP contribution in [-0.2, 0) is 0 Å². The van der Waals surface area contributed by atoms with Crippen molar-refractivity contribution < 1.29 is 4.39 Å². The Morgan fingerprint density at radius 1 is 1.33 bits per heavy atom. The standard InChI is InChI=1S/C12H16FN5/c13-8-5-6-11-16-12(17-18(11)7-8)15-10-4-2-1-3-9(10)14/h5-7,9-10H,1-4,14H2,(H,15,17). The molecule has 96 valence electrons. The van der Waals surface area contributed by atoms with E-state index in [1.54, 1.807) is 6.07 Å². The van der Waals surface area contributed by atoms with Gasteiger partial charge in [0.15, 0.2) is 5.65 Å². The zero-order chi connectivity index (χ0) is 12.5. The minimum absolute atomic E-state index is 0.141. The van der Waals surface area contributed by atoms with E-state index in [9.17, 15) is 4.39 Å². The summed E-state index contributed by atoms with van der Waals surface area (Å²) in [7, 11) is 0. The molecule has 6 heteroatoms. The number of rotatable bonds is 2. The monoisotopic (exact) mass is 249 g/mol. The van der Waals surface area contributed by atoms with Crippen molar-refractivity contribution in [2.24, 2.45) is 5.73 Å². The SMILES string of the molecule is NC1CCCCC1Nc1nc2ccc(F)cn2n1. The Labute approximate surface area is 104 Å². The largest absolute Gasteiger partial charge is 0.349 e. The molecule has 0 aromatic carbocycles. The maximum absolute atomic E-state index is 13.0. The fourth-order valence-electron chi connectivity index (χ4n) is 2.42. The van der Waals surface area contributed by atoms with Crippen molar-refractivity contribution in [1.29, 1.82) is 0 Å². The van der Waals surface area contributed by atoms with E-state index in [1.165, 1.54) is 29.6 Å². The molecule has 5 nitrogen and oxygen atoms in total. The van der Waals surface area contributed by atoms with Gasteiger partial charge in [-0.1, -0.05) is 12.8 Å². The van der Waals surface area contributed by atoms with Crippen molar-refractivity contribution in [1.82, 2.24) is 14.6 Å². The van der Waals surface area contributed by atoms with E-state index in [4.69, 9.17) is 5.73 Å². The molecule has 18 heavy (non-hydrogen) atoms. The van der Waals surface area contributed by atoms with Crippen LogP contribution < -0.4 is 11.1 Å². The van der Waals surface area contributed by atoms with E-state index < -0.39 is 0 Å². The predicted octanol–water partition coefficient (Wildman–Crippen LogP) is 1.55. The Kier molecular flexibility index (Phi) is 2.87. The second-order valence-electron chi connectivity index (χ2n) is 4.78.